The summed E-state index contributed by atoms with van der Waals surface area (Å²) in [7, 11) is 0. The van der Waals surface area contributed by atoms with Gasteiger partial charge in [0.1, 0.15) is 11.2 Å². The van der Waals surface area contributed by atoms with E-state index in [0.29, 0.717) is 17.5 Å². The second-order valence-electron chi connectivity index (χ2n) is 4.40. The van der Waals surface area contributed by atoms with Crippen LogP contribution in [0.1, 0.15) is 18.2 Å². The lowest BCUT2D eigenvalue weighted by Crippen LogP contribution is -2.04. The summed E-state index contributed by atoms with van der Waals surface area (Å²) in [5.41, 5.74) is 1.79. The van der Waals surface area contributed by atoms with Crippen LogP contribution in [0.2, 0.25) is 0 Å². The van der Waals surface area contributed by atoms with Crippen LogP contribution in [0.25, 0.3) is 0 Å². The van der Waals surface area contributed by atoms with Gasteiger partial charge < -0.3 is 5.32 Å². The summed E-state index contributed by atoms with van der Waals surface area (Å²) >= 11 is 1.17. The Balaban J connectivity index is 2.40. The first-order valence-corrected chi connectivity index (χ1v) is 7.19. The molecule has 2 aromatic heterocycles. The first-order chi connectivity index (χ1) is 9.99. The van der Waals surface area contributed by atoms with E-state index in [4.69, 9.17) is 0 Å². The van der Waals surface area contributed by atoms with Crippen LogP contribution in [0.4, 0.5) is 11.6 Å². The maximum absolute atomic E-state index is 11.1. The highest BCUT2D eigenvalue weighted by molar-refractivity contribution is 7.99. The summed E-state index contributed by atoms with van der Waals surface area (Å²) in [6.45, 7) is 6.39. The van der Waals surface area contributed by atoms with E-state index < -0.39 is 4.92 Å². The minimum atomic E-state index is -0.485. The molecule has 0 aliphatic heterocycles. The van der Waals surface area contributed by atoms with Crippen molar-refractivity contribution in [2.45, 2.75) is 30.8 Å². The second-order valence-corrected chi connectivity index (χ2v) is 5.41. The molecule has 0 bridgehead atoms. The molecule has 1 N–H and O–H groups in total. The molecule has 2 aromatic rings. The molecule has 110 valence electrons. The van der Waals surface area contributed by atoms with E-state index in [-0.39, 0.29) is 10.7 Å². The lowest BCUT2D eigenvalue weighted by Gasteiger charge is -2.06. The van der Waals surface area contributed by atoms with Gasteiger partial charge in [-0.2, -0.15) is 4.98 Å². The van der Waals surface area contributed by atoms with E-state index in [0.717, 1.165) is 11.3 Å². The maximum Gasteiger partial charge on any atom is 0.320 e. The molecule has 0 unspecified atom stereocenters. The summed E-state index contributed by atoms with van der Waals surface area (Å²) in [6, 6.07) is 3.82. The van der Waals surface area contributed by atoms with Crippen LogP contribution < -0.4 is 5.32 Å². The van der Waals surface area contributed by atoms with E-state index in [9.17, 15) is 10.1 Å². The Morgan fingerprint density at radius 2 is 2.10 bits per heavy atom. The second kappa shape index (κ2) is 6.49. The zero-order valence-electron chi connectivity index (χ0n) is 12.0. The summed E-state index contributed by atoms with van der Waals surface area (Å²) in [5.74, 6) is 0.370. The van der Waals surface area contributed by atoms with E-state index in [1.807, 2.05) is 32.9 Å². The number of hydrogen-bond acceptors (Lipinski definition) is 7. The molecule has 0 aromatic carbocycles. The molecule has 0 atom stereocenters. The summed E-state index contributed by atoms with van der Waals surface area (Å²) < 4.78 is 0. The minimum Gasteiger partial charge on any atom is -0.354 e. The van der Waals surface area contributed by atoms with Crippen molar-refractivity contribution in [3.63, 3.8) is 0 Å². The van der Waals surface area contributed by atoms with Crippen molar-refractivity contribution in [1.82, 2.24) is 15.0 Å². The number of hydrogen-bond donors (Lipinski definition) is 1. The Labute approximate surface area is 126 Å². The first-order valence-electron chi connectivity index (χ1n) is 6.38. The van der Waals surface area contributed by atoms with Crippen LogP contribution in [-0.2, 0) is 0 Å². The van der Waals surface area contributed by atoms with Crippen molar-refractivity contribution < 1.29 is 4.92 Å². The maximum atomic E-state index is 11.1. The van der Waals surface area contributed by atoms with Crippen molar-refractivity contribution >= 4 is 23.4 Å². The van der Waals surface area contributed by atoms with Gasteiger partial charge in [0.25, 0.3) is 0 Å². The molecule has 0 saturated carbocycles. The largest absolute Gasteiger partial charge is 0.354 e. The van der Waals surface area contributed by atoms with E-state index in [1.165, 1.54) is 18.0 Å². The Hall–Kier alpha value is -2.22. The Morgan fingerprint density at radius 3 is 2.71 bits per heavy atom. The van der Waals surface area contributed by atoms with E-state index >= 15 is 0 Å². The lowest BCUT2D eigenvalue weighted by molar-refractivity contribution is -0.388. The summed E-state index contributed by atoms with van der Waals surface area (Å²) in [5, 5.41) is 15.0. The number of aryl methyl sites for hydroxylation is 2. The van der Waals surface area contributed by atoms with Crippen LogP contribution >= 0.6 is 11.8 Å². The number of aromatic nitrogens is 3. The van der Waals surface area contributed by atoms with Gasteiger partial charge in [0, 0.05) is 12.2 Å². The normalized spacial score (nSPS) is 10.4. The van der Waals surface area contributed by atoms with Gasteiger partial charge in [0.15, 0.2) is 5.03 Å². The van der Waals surface area contributed by atoms with Crippen LogP contribution in [0.5, 0.6) is 0 Å². The molecule has 2 rings (SSSR count). The third kappa shape index (κ3) is 3.88. The van der Waals surface area contributed by atoms with Crippen molar-refractivity contribution in [1.29, 1.82) is 0 Å². The number of anilines is 1. The Kier molecular flexibility index (Phi) is 4.69. The van der Waals surface area contributed by atoms with Crippen molar-refractivity contribution in [2.24, 2.45) is 0 Å². The molecular weight excluding hydrogens is 290 g/mol. The summed E-state index contributed by atoms with van der Waals surface area (Å²) in [6.07, 6.45) is 1.22. The molecule has 0 radical (unpaired) electrons. The van der Waals surface area contributed by atoms with Gasteiger partial charge in [-0.15, -0.1) is 0 Å². The van der Waals surface area contributed by atoms with Gasteiger partial charge in [0.05, 0.1) is 4.92 Å². The van der Waals surface area contributed by atoms with Gasteiger partial charge in [-0.25, -0.2) is 9.97 Å². The molecule has 21 heavy (non-hydrogen) atoms. The van der Waals surface area contributed by atoms with Gasteiger partial charge in [-0.3, -0.25) is 10.1 Å². The fourth-order valence-electron chi connectivity index (χ4n) is 1.76. The number of pyridine rings is 1. The number of nitro groups is 1. The number of nitrogens with one attached hydrogen (secondary N) is 1. The molecular formula is C13H15N5O2S. The Bertz CT molecular complexity index is 657. The standard InChI is InChI=1S/C13H15N5O2S/c1-4-14-13-15-7-10(18(19)20)12(17-13)21-11-6-8(2)5-9(3)16-11/h5-7H,4H2,1-3H3,(H,14,15,17). The van der Waals surface area contributed by atoms with Gasteiger partial charge in [-0.05, 0) is 50.2 Å². The molecule has 0 fully saturated rings. The molecule has 2 heterocycles. The van der Waals surface area contributed by atoms with Crippen LogP contribution in [0.3, 0.4) is 0 Å². The Morgan fingerprint density at radius 1 is 1.33 bits per heavy atom. The molecule has 0 spiro atoms. The van der Waals surface area contributed by atoms with E-state index in [1.54, 1.807) is 0 Å². The third-order valence-electron chi connectivity index (χ3n) is 2.54. The molecule has 7 nitrogen and oxygen atoms in total. The highest BCUT2D eigenvalue weighted by atomic mass is 32.2. The van der Waals surface area contributed by atoms with Crippen LogP contribution in [0.15, 0.2) is 28.4 Å². The average molecular weight is 305 g/mol. The SMILES string of the molecule is CCNc1ncc([N+](=O)[O-])c(Sc2cc(C)cc(C)n2)n1. The molecule has 8 heteroatoms. The highest BCUT2D eigenvalue weighted by Gasteiger charge is 2.19. The molecule has 0 amide bonds. The van der Waals surface area contributed by atoms with Gasteiger partial charge in [0.2, 0.25) is 5.95 Å². The van der Waals surface area contributed by atoms with E-state index in [2.05, 4.69) is 20.3 Å². The monoisotopic (exact) mass is 305 g/mol. The highest BCUT2D eigenvalue weighted by Crippen LogP contribution is 2.32. The van der Waals surface area contributed by atoms with Crippen molar-refractivity contribution in [3.05, 3.63) is 39.7 Å². The summed E-state index contributed by atoms with van der Waals surface area (Å²) in [4.78, 5) is 23.1. The van der Waals surface area contributed by atoms with Gasteiger partial charge in [-0.1, -0.05) is 0 Å². The van der Waals surface area contributed by atoms with Gasteiger partial charge >= 0.3 is 5.69 Å². The van der Waals surface area contributed by atoms with Crippen LogP contribution in [0, 0.1) is 24.0 Å². The predicted octanol–water partition coefficient (Wildman–Crippen LogP) is 2.98. The zero-order valence-corrected chi connectivity index (χ0v) is 12.8. The first kappa shape index (κ1) is 15.2. The minimum absolute atomic E-state index is 0.123. The molecule has 0 aliphatic rings. The van der Waals surface area contributed by atoms with Crippen molar-refractivity contribution in [3.8, 4) is 0 Å². The zero-order chi connectivity index (χ0) is 15.4. The molecule has 0 saturated heterocycles. The lowest BCUT2D eigenvalue weighted by atomic mass is 10.3. The van der Waals surface area contributed by atoms with Crippen LogP contribution in [-0.4, -0.2) is 26.4 Å². The predicted molar refractivity (Wildman–Crippen MR) is 80.7 cm³/mol. The average Bonchev–Trinajstić information content (AvgIpc) is 2.37. The smallest absolute Gasteiger partial charge is 0.320 e. The fourth-order valence-corrected chi connectivity index (χ4v) is 2.76. The quantitative estimate of drug-likeness (QED) is 0.515. The fraction of sp³-hybridized carbons (Fsp3) is 0.308. The van der Waals surface area contributed by atoms with Crippen molar-refractivity contribution in [2.75, 3.05) is 11.9 Å². The topological polar surface area (TPSA) is 93.8 Å². The molecule has 0 aliphatic carbocycles. The number of rotatable bonds is 5. The third-order valence-corrected chi connectivity index (χ3v) is 3.45. The number of nitrogens with zero attached hydrogens (tertiary/aromatic N) is 4.